The van der Waals surface area contributed by atoms with Crippen LogP contribution in [0.25, 0.3) is 0 Å². The molecule has 0 aliphatic rings. The van der Waals surface area contributed by atoms with Gasteiger partial charge in [-0.05, 0) is 60.0 Å². The van der Waals surface area contributed by atoms with Crippen LogP contribution in [0.3, 0.4) is 0 Å². The van der Waals surface area contributed by atoms with E-state index in [2.05, 4.69) is 20.7 Å². The van der Waals surface area contributed by atoms with Crippen LogP contribution in [0.2, 0.25) is 5.02 Å². The largest absolute Gasteiger partial charge is 0.573 e. The highest BCUT2D eigenvalue weighted by atomic mass is 35.5. The Morgan fingerprint density at radius 3 is 2.21 bits per heavy atom. The van der Waals surface area contributed by atoms with Crippen LogP contribution in [0.15, 0.2) is 72.8 Å². The van der Waals surface area contributed by atoms with Gasteiger partial charge in [0.25, 0.3) is 5.91 Å². The summed E-state index contributed by atoms with van der Waals surface area (Å²) in [6.45, 7) is -0.0178. The van der Waals surface area contributed by atoms with Crippen LogP contribution >= 0.6 is 11.6 Å². The Kier molecular flexibility index (Phi) is 9.55. The van der Waals surface area contributed by atoms with Crippen molar-refractivity contribution in [1.29, 1.82) is 0 Å². The summed E-state index contributed by atoms with van der Waals surface area (Å²) in [5.74, 6) is -1.89. The van der Waals surface area contributed by atoms with Crippen LogP contribution in [0.4, 0.5) is 23.7 Å². The number of alkyl halides is 3. The van der Waals surface area contributed by atoms with E-state index in [9.17, 15) is 27.6 Å². The molecule has 200 valence electrons. The third-order valence-corrected chi connectivity index (χ3v) is 5.60. The van der Waals surface area contributed by atoms with Crippen LogP contribution in [0.1, 0.15) is 33.9 Å². The molecule has 0 saturated heterocycles. The highest BCUT2D eigenvalue weighted by molar-refractivity contribution is 6.31. The second kappa shape index (κ2) is 12.8. The monoisotopic (exact) mass is 549 g/mol. The van der Waals surface area contributed by atoms with Crippen molar-refractivity contribution in [2.75, 3.05) is 11.9 Å². The Morgan fingerprint density at radius 2 is 1.61 bits per heavy atom. The minimum atomic E-state index is -4.83. The maximum Gasteiger partial charge on any atom is 0.573 e. The van der Waals surface area contributed by atoms with Crippen LogP contribution in [0.5, 0.6) is 5.75 Å². The van der Waals surface area contributed by atoms with E-state index in [-0.39, 0.29) is 18.7 Å². The fourth-order valence-electron chi connectivity index (χ4n) is 3.45. The number of amides is 3. The minimum Gasteiger partial charge on any atom is -0.481 e. The number of hydrogen-bond donors (Lipinski definition) is 4. The van der Waals surface area contributed by atoms with E-state index in [1.807, 2.05) is 0 Å². The highest BCUT2D eigenvalue weighted by Gasteiger charge is 2.31. The molecule has 3 amide bonds. The van der Waals surface area contributed by atoms with Crippen molar-refractivity contribution in [1.82, 2.24) is 10.6 Å². The Balaban J connectivity index is 1.73. The van der Waals surface area contributed by atoms with E-state index in [4.69, 9.17) is 16.7 Å². The van der Waals surface area contributed by atoms with E-state index in [0.717, 1.165) is 17.7 Å². The number of carboxylic acid groups (broad SMARTS) is 1. The minimum absolute atomic E-state index is 0.0178. The lowest BCUT2D eigenvalue weighted by Crippen LogP contribution is -2.34. The van der Waals surface area contributed by atoms with Gasteiger partial charge in [0.1, 0.15) is 5.75 Å². The molecule has 38 heavy (non-hydrogen) atoms. The molecule has 3 aromatic carbocycles. The molecular formula is C26H23ClF3N3O5. The van der Waals surface area contributed by atoms with Crippen LogP contribution in [-0.2, 0) is 11.2 Å². The Bertz CT molecular complexity index is 1270. The van der Waals surface area contributed by atoms with Gasteiger partial charge in [0, 0.05) is 22.8 Å². The first-order valence-electron chi connectivity index (χ1n) is 11.3. The lowest BCUT2D eigenvalue weighted by molar-refractivity contribution is -0.274. The normalized spacial score (nSPS) is 11.8. The van der Waals surface area contributed by atoms with Crippen LogP contribution in [-0.4, -0.2) is 35.9 Å². The summed E-state index contributed by atoms with van der Waals surface area (Å²) >= 11 is 6.31. The molecule has 0 heterocycles. The van der Waals surface area contributed by atoms with E-state index in [1.54, 1.807) is 48.5 Å². The number of ether oxygens (including phenoxy) is 1. The van der Waals surface area contributed by atoms with Gasteiger partial charge in [-0.15, -0.1) is 13.2 Å². The molecule has 12 heteroatoms. The van der Waals surface area contributed by atoms with Crippen molar-refractivity contribution >= 4 is 35.2 Å². The fraction of sp³-hybridized carbons (Fsp3) is 0.192. The predicted octanol–water partition coefficient (Wildman–Crippen LogP) is 5.55. The molecule has 3 rings (SSSR count). The number of carbonyl (C=O) groups is 3. The van der Waals surface area contributed by atoms with Gasteiger partial charge < -0.3 is 25.8 Å². The quantitative estimate of drug-likeness (QED) is 0.265. The van der Waals surface area contributed by atoms with Crippen LogP contribution < -0.4 is 20.7 Å². The van der Waals surface area contributed by atoms with Crippen molar-refractivity contribution in [3.8, 4) is 5.75 Å². The zero-order valence-corrected chi connectivity index (χ0v) is 20.5. The lowest BCUT2D eigenvalue weighted by Gasteiger charge is -2.21. The number of benzene rings is 3. The number of nitrogens with one attached hydrogen (secondary N) is 3. The molecule has 1 atom stereocenters. The van der Waals surface area contributed by atoms with Gasteiger partial charge in [-0.25, -0.2) is 4.79 Å². The van der Waals surface area contributed by atoms with Crippen molar-refractivity contribution in [2.24, 2.45) is 0 Å². The Labute approximate surface area is 220 Å². The molecular weight excluding hydrogens is 527 g/mol. The molecule has 0 aliphatic heterocycles. The maximum atomic E-state index is 12.8. The SMILES string of the molecule is O=C(O)CCNC(=O)c1ccc(C(Cc2ccccc2Cl)NC(=O)Nc2ccc(OC(F)(F)F)cc2)cc1. The van der Waals surface area contributed by atoms with Gasteiger partial charge in [0.15, 0.2) is 0 Å². The second-order valence-electron chi connectivity index (χ2n) is 8.04. The summed E-state index contributed by atoms with van der Waals surface area (Å²) in [5, 5.41) is 17.1. The summed E-state index contributed by atoms with van der Waals surface area (Å²) in [7, 11) is 0. The Morgan fingerprint density at radius 1 is 0.947 bits per heavy atom. The molecule has 0 fully saturated rings. The van der Waals surface area contributed by atoms with E-state index in [0.29, 0.717) is 22.6 Å². The molecule has 0 aliphatic carbocycles. The third-order valence-electron chi connectivity index (χ3n) is 5.23. The standard InChI is InChI=1S/C26H23ClF3N3O5/c27-21-4-2-1-3-18(21)15-22(16-5-7-17(8-6-16)24(36)31-14-13-23(34)35)33-25(37)32-19-9-11-20(12-10-19)38-26(28,29)30/h1-12,22H,13-15H2,(H,31,36)(H,34,35)(H2,32,33,37). The van der Waals surface area contributed by atoms with Gasteiger partial charge in [-0.3, -0.25) is 9.59 Å². The van der Waals surface area contributed by atoms with Crippen molar-refractivity contribution < 1.29 is 37.4 Å². The molecule has 0 saturated carbocycles. The lowest BCUT2D eigenvalue weighted by atomic mass is 9.97. The molecule has 0 bridgehead atoms. The molecule has 8 nitrogen and oxygen atoms in total. The topological polar surface area (TPSA) is 117 Å². The number of aliphatic carboxylic acids is 1. The fourth-order valence-corrected chi connectivity index (χ4v) is 3.67. The van der Waals surface area contributed by atoms with Crippen molar-refractivity contribution in [3.05, 3.63) is 94.5 Å². The van der Waals surface area contributed by atoms with Gasteiger partial charge in [0.05, 0.1) is 12.5 Å². The van der Waals surface area contributed by atoms with Gasteiger partial charge >= 0.3 is 18.4 Å². The number of carboxylic acids is 1. The first-order valence-corrected chi connectivity index (χ1v) is 11.6. The average molecular weight is 550 g/mol. The molecule has 0 spiro atoms. The summed E-state index contributed by atoms with van der Waals surface area (Å²) < 4.78 is 40.9. The summed E-state index contributed by atoms with van der Waals surface area (Å²) in [6, 6.07) is 16.9. The third kappa shape index (κ3) is 9.00. The predicted molar refractivity (Wildman–Crippen MR) is 134 cm³/mol. The molecule has 0 aromatic heterocycles. The number of urea groups is 1. The first-order chi connectivity index (χ1) is 18.0. The number of anilines is 1. The zero-order chi connectivity index (χ0) is 27.7. The van der Waals surface area contributed by atoms with Gasteiger partial charge in [-0.2, -0.15) is 0 Å². The van der Waals surface area contributed by atoms with Crippen LogP contribution in [0, 0.1) is 0 Å². The summed E-state index contributed by atoms with van der Waals surface area (Å²) in [4.78, 5) is 35.6. The van der Waals surface area contributed by atoms with Crippen molar-refractivity contribution in [2.45, 2.75) is 25.2 Å². The average Bonchev–Trinajstić information content (AvgIpc) is 2.85. The van der Waals surface area contributed by atoms with Crippen molar-refractivity contribution in [3.63, 3.8) is 0 Å². The smallest absolute Gasteiger partial charge is 0.481 e. The molecule has 4 N–H and O–H groups in total. The molecule has 0 radical (unpaired) electrons. The second-order valence-corrected chi connectivity index (χ2v) is 8.45. The Hall–Kier alpha value is -4.25. The molecule has 3 aromatic rings. The number of rotatable bonds is 10. The number of hydrogen-bond acceptors (Lipinski definition) is 4. The van der Waals surface area contributed by atoms with E-state index < -0.39 is 36.1 Å². The highest BCUT2D eigenvalue weighted by Crippen LogP contribution is 2.26. The summed E-state index contributed by atoms with van der Waals surface area (Å²) in [6.07, 6.45) is -4.73. The maximum absolute atomic E-state index is 12.8. The van der Waals surface area contributed by atoms with E-state index >= 15 is 0 Å². The van der Waals surface area contributed by atoms with Gasteiger partial charge in [0.2, 0.25) is 0 Å². The van der Waals surface area contributed by atoms with E-state index in [1.165, 1.54) is 12.1 Å². The number of halogens is 4. The summed E-state index contributed by atoms with van der Waals surface area (Å²) in [5.41, 5.74) is 1.95. The van der Waals surface area contributed by atoms with Gasteiger partial charge in [-0.1, -0.05) is 41.9 Å². The zero-order valence-electron chi connectivity index (χ0n) is 19.7. The molecule has 1 unspecified atom stereocenters. The number of carbonyl (C=O) groups excluding carboxylic acids is 2. The first kappa shape index (κ1) is 28.3.